The van der Waals surface area contributed by atoms with Gasteiger partial charge in [-0.3, -0.25) is 4.90 Å². The van der Waals surface area contributed by atoms with Gasteiger partial charge < -0.3 is 4.57 Å². The maximum Gasteiger partial charge on any atom is 0.238 e. The molecule has 8 aromatic carbocycles. The van der Waals surface area contributed by atoms with E-state index in [-0.39, 0.29) is 71.7 Å². The lowest BCUT2D eigenvalue weighted by atomic mass is 9.56. The fourth-order valence-corrected chi connectivity index (χ4v) is 9.10. The summed E-state index contributed by atoms with van der Waals surface area (Å²) in [6.45, 7) is 0. The molecule has 0 spiro atoms. The molecule has 0 aliphatic carbocycles. The van der Waals surface area contributed by atoms with Gasteiger partial charge in [0.1, 0.15) is 70.6 Å². The summed E-state index contributed by atoms with van der Waals surface area (Å²) >= 11 is 0. The predicted octanol–water partition coefficient (Wildman–Crippen LogP) is 1.72. The van der Waals surface area contributed by atoms with Crippen molar-refractivity contribution in [1.82, 2.24) is 19.5 Å². The van der Waals surface area contributed by atoms with Gasteiger partial charge in [-0.2, -0.15) is 9.97 Å². The van der Waals surface area contributed by atoms with Crippen LogP contribution in [0.15, 0.2) is 133 Å². The van der Waals surface area contributed by atoms with Gasteiger partial charge in [0.05, 0.1) is 22.4 Å². The second kappa shape index (κ2) is 14.7. The first-order valence-corrected chi connectivity index (χ1v) is 20.1. The maximum absolute atomic E-state index is 7.00. The number of hydrogen-bond acceptors (Lipinski definition) is 4. The normalized spacial score (nSPS) is 12.0. The van der Waals surface area contributed by atoms with E-state index in [2.05, 4.69) is 77.4 Å². The molecule has 11 rings (SSSR count). The van der Waals surface area contributed by atoms with Crippen molar-refractivity contribution in [2.45, 2.75) is 0 Å². The Hall–Kier alpha value is -6.79. The number of aromatic nitrogens is 4. The van der Waals surface area contributed by atoms with E-state index in [9.17, 15) is 0 Å². The summed E-state index contributed by atoms with van der Waals surface area (Å²) in [4.78, 5) is 17.6. The molecule has 0 N–H and O–H groups in total. The van der Waals surface area contributed by atoms with Crippen LogP contribution in [0.1, 0.15) is 0 Å². The van der Waals surface area contributed by atoms with Crippen LogP contribution < -0.4 is 54.1 Å². The van der Waals surface area contributed by atoms with Crippen LogP contribution in [0.5, 0.6) is 0 Å². The molecule has 0 atom stereocenters. The van der Waals surface area contributed by atoms with Crippen LogP contribution in [0.25, 0.3) is 83.3 Å². The van der Waals surface area contributed by atoms with E-state index in [0.717, 1.165) is 60.8 Å². The quantitative estimate of drug-likeness (QED) is 0.250. The number of anilines is 3. The molecular formula is C49H22B9N5. The van der Waals surface area contributed by atoms with Crippen molar-refractivity contribution in [2.24, 2.45) is 0 Å². The van der Waals surface area contributed by atoms with Crippen molar-refractivity contribution < 1.29 is 0 Å². The largest absolute Gasteiger partial charge is 0.309 e. The molecule has 0 saturated heterocycles. The molecule has 14 heteroatoms. The Bertz CT molecular complexity index is 3530. The molecule has 0 amide bonds. The van der Waals surface area contributed by atoms with Crippen LogP contribution in [0.2, 0.25) is 0 Å². The van der Waals surface area contributed by atoms with Gasteiger partial charge in [-0.25, -0.2) is 4.98 Å². The second-order valence-corrected chi connectivity index (χ2v) is 15.6. The Labute approximate surface area is 376 Å². The summed E-state index contributed by atoms with van der Waals surface area (Å²) in [7, 11) is 59.5. The number of rotatable bonds is 5. The van der Waals surface area contributed by atoms with E-state index < -0.39 is 0 Å². The fourth-order valence-electron chi connectivity index (χ4n) is 9.10. The lowest BCUT2D eigenvalue weighted by molar-refractivity contribution is 1.03. The minimum absolute atomic E-state index is 0.0120. The lowest BCUT2D eigenvalue weighted by Gasteiger charge is -2.32. The lowest BCUT2D eigenvalue weighted by Crippen LogP contribution is -2.57. The predicted molar refractivity (Wildman–Crippen MR) is 270 cm³/mol. The highest BCUT2D eigenvalue weighted by atomic mass is 15.3. The Kier molecular flexibility index (Phi) is 9.10. The summed E-state index contributed by atoms with van der Waals surface area (Å²) < 4.78 is 2.24. The monoisotopic (exact) mass is 779 g/mol. The molecule has 3 heterocycles. The zero-order valence-corrected chi connectivity index (χ0v) is 33.6. The molecule has 0 unspecified atom stereocenters. The fraction of sp³-hybridized carbons (Fsp3) is 0. The average Bonchev–Trinajstić information content (AvgIpc) is 3.65. The Morgan fingerprint density at radius 3 is 1.65 bits per heavy atom. The third-order valence-electron chi connectivity index (χ3n) is 12.2. The molecule has 270 valence electrons. The van der Waals surface area contributed by atoms with Crippen molar-refractivity contribution >= 4 is 170 Å². The van der Waals surface area contributed by atoms with Gasteiger partial charge in [0.2, 0.25) is 5.95 Å². The van der Waals surface area contributed by atoms with Gasteiger partial charge in [-0.15, -0.1) is 16.4 Å². The zero-order valence-electron chi connectivity index (χ0n) is 33.6. The topological polar surface area (TPSA) is 46.8 Å². The van der Waals surface area contributed by atoms with E-state index in [1.807, 2.05) is 65.6 Å². The minimum atomic E-state index is 0.0120. The van der Waals surface area contributed by atoms with E-state index >= 15 is 0 Å². The van der Waals surface area contributed by atoms with Crippen molar-refractivity contribution in [1.29, 1.82) is 0 Å². The molecular weight excluding hydrogens is 756 g/mol. The van der Waals surface area contributed by atoms with E-state index in [0.29, 0.717) is 17.3 Å². The Morgan fingerprint density at radius 1 is 0.381 bits per heavy atom. The molecule has 10 aromatic rings. The molecule has 1 aliphatic heterocycles. The summed E-state index contributed by atoms with van der Waals surface area (Å²) in [5.41, 5.74) is 8.28. The standard InChI is InChI=1S/C49H22B9N5/c50-38-35(36-40(52)44(56)46(58)45(57)41(36)53)39(51)43(55)37(42(38)54)48-59-47(24-20-21-28-26-14-4-6-17-30(26)62(33(28)22-24)25-12-2-1-3-13-25)60-49(61-48)63-31-18-7-5-15-27(31)29-16-8-10-23-11-9-19-32(63)34(23)29/h1-22H. The number of benzene rings is 8. The maximum atomic E-state index is 7.00. The van der Waals surface area contributed by atoms with E-state index in [4.69, 9.17) is 85.6 Å². The first kappa shape index (κ1) is 39.1. The first-order valence-electron chi connectivity index (χ1n) is 20.1. The van der Waals surface area contributed by atoms with Crippen LogP contribution >= 0.6 is 0 Å². The highest BCUT2D eigenvalue weighted by molar-refractivity contribution is 6.70. The molecule has 63 heavy (non-hydrogen) atoms. The Balaban J connectivity index is 1.21. The van der Waals surface area contributed by atoms with Crippen LogP contribution in [-0.2, 0) is 0 Å². The van der Waals surface area contributed by atoms with Gasteiger partial charge in [0.15, 0.2) is 11.6 Å². The van der Waals surface area contributed by atoms with Crippen molar-refractivity contribution in [3.63, 3.8) is 0 Å². The van der Waals surface area contributed by atoms with E-state index in [1.54, 1.807) is 0 Å². The summed E-state index contributed by atoms with van der Waals surface area (Å²) in [5, 5.41) is 4.28. The van der Waals surface area contributed by atoms with E-state index in [1.165, 1.54) is 0 Å². The second-order valence-electron chi connectivity index (χ2n) is 15.6. The number of nitrogens with zero attached hydrogens (tertiary/aromatic N) is 5. The molecule has 1 aliphatic rings. The minimum Gasteiger partial charge on any atom is -0.309 e. The third-order valence-corrected chi connectivity index (χ3v) is 12.2. The average molecular weight is 778 g/mol. The molecule has 18 radical (unpaired) electrons. The number of fused-ring (bicyclic) bond motifs is 5. The summed E-state index contributed by atoms with van der Waals surface area (Å²) in [5.74, 6) is 0.776. The van der Waals surface area contributed by atoms with Gasteiger partial charge in [0.25, 0.3) is 0 Å². The van der Waals surface area contributed by atoms with Crippen molar-refractivity contribution in [2.75, 3.05) is 4.90 Å². The van der Waals surface area contributed by atoms with Crippen LogP contribution in [0.3, 0.4) is 0 Å². The smallest absolute Gasteiger partial charge is 0.238 e. The number of para-hydroxylation sites is 3. The summed E-state index contributed by atoms with van der Waals surface area (Å²) in [6.07, 6.45) is 0. The van der Waals surface area contributed by atoms with Gasteiger partial charge >= 0.3 is 0 Å². The van der Waals surface area contributed by atoms with Gasteiger partial charge in [-0.1, -0.05) is 130 Å². The third kappa shape index (κ3) is 5.80. The molecule has 0 bridgehead atoms. The highest BCUT2D eigenvalue weighted by Gasteiger charge is 2.30. The number of hydrogen-bond donors (Lipinski definition) is 0. The first-order chi connectivity index (χ1) is 30.5. The molecule has 2 aromatic heterocycles. The molecule has 5 nitrogen and oxygen atoms in total. The van der Waals surface area contributed by atoms with Crippen molar-refractivity contribution in [3.8, 4) is 50.7 Å². The van der Waals surface area contributed by atoms with Crippen LogP contribution in [0, 0.1) is 0 Å². The van der Waals surface area contributed by atoms with Crippen LogP contribution in [-0.4, -0.2) is 90.1 Å². The SMILES string of the molecule is [B]c1c([B])c([B])c(-c2c([B])c([B])c(-c3nc(-c4ccc5c6ccccc6n(-c6ccccc6)c5c4)nc(N4c5ccccc5-c5cccc6cccc4c56)n3)c([B])c2[B])c([B])c1[B]. The van der Waals surface area contributed by atoms with Crippen molar-refractivity contribution in [3.05, 3.63) is 133 Å². The zero-order chi connectivity index (χ0) is 43.4. The Morgan fingerprint density at radius 2 is 0.921 bits per heavy atom. The molecule has 0 fully saturated rings. The van der Waals surface area contributed by atoms with Crippen LogP contribution in [0.4, 0.5) is 17.3 Å². The van der Waals surface area contributed by atoms with Gasteiger partial charge in [-0.05, 0) is 58.5 Å². The summed E-state index contributed by atoms with van der Waals surface area (Å²) in [6, 6.07) is 45.3. The highest BCUT2D eigenvalue weighted by Crippen LogP contribution is 2.50. The molecule has 0 saturated carbocycles. The van der Waals surface area contributed by atoms with Gasteiger partial charge in [0, 0.05) is 38.5 Å².